The lowest BCUT2D eigenvalue weighted by Crippen LogP contribution is -2.27. The summed E-state index contributed by atoms with van der Waals surface area (Å²) in [6.45, 7) is 2.23. The van der Waals surface area contributed by atoms with Crippen molar-refractivity contribution in [3.8, 4) is 0 Å². The zero-order chi connectivity index (χ0) is 26.3. The molecule has 8 nitrogen and oxygen atoms in total. The van der Waals surface area contributed by atoms with Crippen LogP contribution in [0.1, 0.15) is 64.0 Å². The molecule has 1 saturated heterocycles. The molecule has 3 heterocycles. The minimum absolute atomic E-state index is 0.0603. The van der Waals surface area contributed by atoms with E-state index in [4.69, 9.17) is 5.73 Å². The van der Waals surface area contributed by atoms with Gasteiger partial charge in [-0.2, -0.15) is 18.3 Å². The van der Waals surface area contributed by atoms with E-state index >= 15 is 0 Å². The van der Waals surface area contributed by atoms with Gasteiger partial charge in [0.15, 0.2) is 0 Å². The first-order valence-corrected chi connectivity index (χ1v) is 12.1. The number of carbonyl (C=O) groups is 2. The van der Waals surface area contributed by atoms with Gasteiger partial charge in [0.05, 0.1) is 29.9 Å². The maximum atomic E-state index is 13.9. The highest BCUT2D eigenvalue weighted by Crippen LogP contribution is 2.35. The minimum atomic E-state index is -4.56. The number of nitrogens with two attached hydrogens (primary N) is 1. The first-order valence-electron chi connectivity index (χ1n) is 12.1. The Labute approximate surface area is 211 Å². The van der Waals surface area contributed by atoms with Gasteiger partial charge in [0.25, 0.3) is 5.91 Å². The second-order valence-corrected chi connectivity index (χ2v) is 9.69. The minimum Gasteiger partial charge on any atom is -0.383 e. The summed E-state index contributed by atoms with van der Waals surface area (Å²) in [6.07, 6.45) is 2.03. The third-order valence-corrected chi connectivity index (χ3v) is 7.14. The number of aromatic nitrogens is 3. The molecular formula is C26H27F3N6O2. The molecule has 0 radical (unpaired) electrons. The summed E-state index contributed by atoms with van der Waals surface area (Å²) < 4.78 is 43.0. The van der Waals surface area contributed by atoms with Crippen LogP contribution in [-0.2, 0) is 30.5 Å². The van der Waals surface area contributed by atoms with Gasteiger partial charge in [-0.25, -0.2) is 4.98 Å². The second-order valence-electron chi connectivity index (χ2n) is 9.69. The van der Waals surface area contributed by atoms with Crippen molar-refractivity contribution in [2.45, 2.75) is 51.5 Å². The van der Waals surface area contributed by atoms with Gasteiger partial charge in [-0.1, -0.05) is 19.1 Å². The van der Waals surface area contributed by atoms with E-state index in [2.05, 4.69) is 15.4 Å². The Morgan fingerprint density at radius 1 is 1.22 bits per heavy atom. The lowest BCUT2D eigenvalue weighted by Gasteiger charge is -2.20. The summed E-state index contributed by atoms with van der Waals surface area (Å²) in [7, 11) is 0. The van der Waals surface area contributed by atoms with Gasteiger partial charge in [0.1, 0.15) is 5.82 Å². The van der Waals surface area contributed by atoms with Crippen molar-refractivity contribution in [3.05, 3.63) is 76.2 Å². The van der Waals surface area contributed by atoms with E-state index in [1.807, 2.05) is 6.07 Å². The van der Waals surface area contributed by atoms with Crippen LogP contribution in [0.15, 0.2) is 42.9 Å². The monoisotopic (exact) mass is 512 g/mol. The van der Waals surface area contributed by atoms with E-state index in [0.717, 1.165) is 23.6 Å². The molecule has 2 atom stereocenters. The van der Waals surface area contributed by atoms with Crippen molar-refractivity contribution in [1.29, 1.82) is 0 Å². The molecule has 2 aromatic heterocycles. The number of hydrogen-bond donors (Lipinski definition) is 2. The molecule has 0 bridgehead atoms. The fourth-order valence-electron chi connectivity index (χ4n) is 5.09. The van der Waals surface area contributed by atoms with Crippen molar-refractivity contribution >= 4 is 17.6 Å². The Hall–Kier alpha value is -3.89. The molecule has 2 unspecified atom stereocenters. The van der Waals surface area contributed by atoms with Crippen molar-refractivity contribution in [1.82, 2.24) is 25.0 Å². The van der Waals surface area contributed by atoms with Gasteiger partial charge >= 0.3 is 6.18 Å². The van der Waals surface area contributed by atoms with Gasteiger partial charge < -0.3 is 16.0 Å². The van der Waals surface area contributed by atoms with Gasteiger partial charge in [-0.05, 0) is 53.6 Å². The Morgan fingerprint density at radius 2 is 2.03 bits per heavy atom. The van der Waals surface area contributed by atoms with E-state index in [-0.39, 0.29) is 42.4 Å². The normalized spacial score (nSPS) is 19.4. The molecule has 1 aliphatic carbocycles. The Morgan fingerprint density at radius 3 is 2.76 bits per heavy atom. The fraction of sp³-hybridized carbons (Fsp3) is 0.385. The Kier molecular flexibility index (Phi) is 6.38. The van der Waals surface area contributed by atoms with Crippen LogP contribution in [0.25, 0.3) is 0 Å². The second kappa shape index (κ2) is 9.53. The lowest BCUT2D eigenvalue weighted by atomic mass is 10.0. The van der Waals surface area contributed by atoms with E-state index in [1.54, 1.807) is 19.2 Å². The number of amides is 2. The average molecular weight is 513 g/mol. The molecule has 1 aromatic carbocycles. The number of likely N-dealkylation sites (tertiary alicyclic amines) is 1. The number of nitrogens with one attached hydrogen (secondary N) is 1. The first kappa shape index (κ1) is 24.8. The van der Waals surface area contributed by atoms with Gasteiger partial charge in [0.2, 0.25) is 5.91 Å². The zero-order valence-corrected chi connectivity index (χ0v) is 20.3. The van der Waals surface area contributed by atoms with Crippen molar-refractivity contribution in [2.24, 2.45) is 5.92 Å². The van der Waals surface area contributed by atoms with E-state index < -0.39 is 11.7 Å². The molecule has 3 N–H and O–H groups in total. The van der Waals surface area contributed by atoms with Gasteiger partial charge in [0, 0.05) is 31.4 Å². The number of anilines is 1. The quantitative estimate of drug-likeness (QED) is 0.524. The smallest absolute Gasteiger partial charge is 0.383 e. The molecule has 11 heteroatoms. The van der Waals surface area contributed by atoms with E-state index in [1.165, 1.54) is 28.0 Å². The number of benzene rings is 1. The molecule has 194 valence electrons. The number of nitrogens with zero attached hydrogens (tertiary/aromatic N) is 4. The standard InChI is InChI=1S/C26H27F3N6O2/c1-15-7-9-34(25(15)37)13-17-3-2-16(10-21(17)26(27,28)29)12-35-14-18(11-32-35)24(36)33-22-5-4-20-19(22)6-8-31-23(20)30/h2-3,6,8,10-11,14-15,22H,4-5,7,9,12-13H2,1H3,(H2,30,31)(H,33,36). The molecule has 3 aromatic rings. The van der Waals surface area contributed by atoms with E-state index in [9.17, 15) is 22.8 Å². The van der Waals surface area contributed by atoms with Crippen LogP contribution in [0.5, 0.6) is 0 Å². The Bertz CT molecular complexity index is 1350. The molecule has 0 spiro atoms. The number of alkyl halides is 3. The highest BCUT2D eigenvalue weighted by atomic mass is 19.4. The van der Waals surface area contributed by atoms with Crippen LogP contribution in [0.4, 0.5) is 19.0 Å². The van der Waals surface area contributed by atoms with Crippen LogP contribution in [-0.4, -0.2) is 38.0 Å². The lowest BCUT2D eigenvalue weighted by molar-refractivity contribution is -0.139. The summed E-state index contributed by atoms with van der Waals surface area (Å²) in [5.41, 5.74) is 7.80. The van der Waals surface area contributed by atoms with Crippen molar-refractivity contribution in [2.75, 3.05) is 12.3 Å². The largest absolute Gasteiger partial charge is 0.416 e. The average Bonchev–Trinajstić information content (AvgIpc) is 3.56. The maximum absolute atomic E-state index is 13.9. The van der Waals surface area contributed by atoms with Crippen LogP contribution in [0, 0.1) is 5.92 Å². The molecule has 2 aliphatic rings. The summed E-state index contributed by atoms with van der Waals surface area (Å²) in [4.78, 5) is 30.6. The number of halogens is 3. The molecular weight excluding hydrogens is 485 g/mol. The van der Waals surface area contributed by atoms with E-state index in [0.29, 0.717) is 36.3 Å². The molecule has 37 heavy (non-hydrogen) atoms. The number of fused-ring (bicyclic) bond motifs is 1. The molecule has 1 fully saturated rings. The number of rotatable bonds is 6. The first-order chi connectivity index (χ1) is 17.6. The number of hydrogen-bond acceptors (Lipinski definition) is 5. The zero-order valence-electron chi connectivity index (χ0n) is 20.3. The molecule has 2 amide bonds. The topological polar surface area (TPSA) is 106 Å². The summed E-state index contributed by atoms with van der Waals surface area (Å²) >= 11 is 0. The third kappa shape index (κ3) is 5.03. The molecule has 1 aliphatic heterocycles. The predicted octanol–water partition coefficient (Wildman–Crippen LogP) is 3.71. The maximum Gasteiger partial charge on any atom is 0.416 e. The van der Waals surface area contributed by atoms with Crippen molar-refractivity contribution in [3.63, 3.8) is 0 Å². The number of pyridine rings is 1. The number of carbonyl (C=O) groups excluding carboxylic acids is 2. The Balaban J connectivity index is 1.29. The van der Waals surface area contributed by atoms with Crippen LogP contribution >= 0.6 is 0 Å². The highest BCUT2D eigenvalue weighted by molar-refractivity contribution is 5.94. The van der Waals surface area contributed by atoms with Crippen LogP contribution in [0.3, 0.4) is 0 Å². The molecule has 5 rings (SSSR count). The highest BCUT2D eigenvalue weighted by Gasteiger charge is 2.36. The van der Waals surface area contributed by atoms with Crippen LogP contribution in [0.2, 0.25) is 0 Å². The SMILES string of the molecule is CC1CCN(Cc2ccc(Cn3cc(C(=O)NC4CCc5c4ccnc5N)cn3)cc2C(F)(F)F)C1=O. The van der Waals surface area contributed by atoms with Crippen molar-refractivity contribution < 1.29 is 22.8 Å². The predicted molar refractivity (Wildman–Crippen MR) is 129 cm³/mol. The summed E-state index contributed by atoms with van der Waals surface area (Å²) in [5, 5.41) is 7.15. The van der Waals surface area contributed by atoms with Crippen LogP contribution < -0.4 is 11.1 Å². The molecule has 0 saturated carbocycles. The summed E-state index contributed by atoms with van der Waals surface area (Å²) in [6, 6.07) is 5.76. The van der Waals surface area contributed by atoms with Gasteiger partial charge in [-0.3, -0.25) is 14.3 Å². The number of nitrogen functional groups attached to an aromatic ring is 1. The van der Waals surface area contributed by atoms with Gasteiger partial charge in [-0.15, -0.1) is 0 Å². The fourth-order valence-corrected chi connectivity index (χ4v) is 5.09. The third-order valence-electron chi connectivity index (χ3n) is 7.14. The summed E-state index contributed by atoms with van der Waals surface area (Å²) in [5.74, 6) is -0.151.